The quantitative estimate of drug-likeness (QED) is 0.801. The Hall–Kier alpha value is -2.28. The van der Waals surface area contributed by atoms with Gasteiger partial charge >= 0.3 is 0 Å². The van der Waals surface area contributed by atoms with E-state index in [-0.39, 0.29) is 17.7 Å². The summed E-state index contributed by atoms with van der Waals surface area (Å²) in [6.45, 7) is 8.85. The lowest BCUT2D eigenvalue weighted by molar-refractivity contribution is -0.136. The third-order valence-electron chi connectivity index (χ3n) is 4.89. The van der Waals surface area contributed by atoms with E-state index in [2.05, 4.69) is 10.2 Å². The van der Waals surface area contributed by atoms with Crippen molar-refractivity contribution in [2.75, 3.05) is 52.5 Å². The lowest BCUT2D eigenvalue weighted by Gasteiger charge is -2.35. The number of fused-ring (bicyclic) bond motifs is 1. The molecule has 0 aliphatic carbocycles. The van der Waals surface area contributed by atoms with E-state index in [0.717, 1.165) is 36.6 Å². The molecule has 1 aromatic carbocycles. The minimum Gasteiger partial charge on any atom is -0.486 e. The van der Waals surface area contributed by atoms with E-state index in [0.29, 0.717) is 39.4 Å². The molecule has 7 heteroatoms. The molecular weight excluding hydrogens is 346 g/mol. The molecule has 1 saturated heterocycles. The van der Waals surface area contributed by atoms with Crippen LogP contribution in [0.4, 0.5) is 0 Å². The van der Waals surface area contributed by atoms with Gasteiger partial charge in [0.05, 0.1) is 6.54 Å². The second-order valence-electron chi connectivity index (χ2n) is 7.33. The van der Waals surface area contributed by atoms with Crippen LogP contribution in [0.25, 0.3) is 0 Å². The number of nitrogens with zero attached hydrogens (tertiary/aromatic N) is 2. The number of ether oxygens (including phenoxy) is 2. The van der Waals surface area contributed by atoms with Crippen LogP contribution in [0.15, 0.2) is 18.2 Å². The van der Waals surface area contributed by atoms with Gasteiger partial charge in [-0.1, -0.05) is 19.9 Å². The highest BCUT2D eigenvalue weighted by Gasteiger charge is 2.23. The van der Waals surface area contributed by atoms with Gasteiger partial charge in [-0.05, 0) is 24.1 Å². The highest BCUT2D eigenvalue weighted by Crippen LogP contribution is 2.30. The monoisotopic (exact) mass is 375 g/mol. The van der Waals surface area contributed by atoms with Crippen molar-refractivity contribution in [2.24, 2.45) is 5.92 Å². The van der Waals surface area contributed by atoms with Crippen LogP contribution in [-0.2, 0) is 16.0 Å². The van der Waals surface area contributed by atoms with Crippen LogP contribution >= 0.6 is 0 Å². The van der Waals surface area contributed by atoms with E-state index in [1.165, 1.54) is 0 Å². The molecule has 1 aromatic rings. The minimum absolute atomic E-state index is 0.0242. The number of piperazine rings is 1. The predicted molar refractivity (Wildman–Crippen MR) is 102 cm³/mol. The zero-order valence-corrected chi connectivity index (χ0v) is 16.2. The van der Waals surface area contributed by atoms with Gasteiger partial charge < -0.3 is 19.7 Å². The average Bonchev–Trinajstić information content (AvgIpc) is 2.68. The van der Waals surface area contributed by atoms with E-state index in [1.54, 1.807) is 0 Å². The van der Waals surface area contributed by atoms with Gasteiger partial charge in [0.2, 0.25) is 11.8 Å². The summed E-state index contributed by atoms with van der Waals surface area (Å²) >= 11 is 0. The first-order chi connectivity index (χ1) is 13.0. The standard InChI is InChI=1S/C20H29N3O4/c1-15(2)20(25)23-9-7-22(8-10-23)14-19(24)21-6-5-16-3-4-17-18(13-16)27-12-11-26-17/h3-4,13,15H,5-12,14H2,1-2H3,(H,21,24). The molecule has 0 saturated carbocycles. The van der Waals surface area contributed by atoms with Crippen LogP contribution in [0.2, 0.25) is 0 Å². The Morgan fingerprint density at radius 2 is 1.78 bits per heavy atom. The van der Waals surface area contributed by atoms with Crippen molar-refractivity contribution in [3.8, 4) is 11.5 Å². The fourth-order valence-corrected chi connectivity index (χ4v) is 3.34. The lowest BCUT2D eigenvalue weighted by atomic mass is 10.1. The van der Waals surface area contributed by atoms with E-state index >= 15 is 0 Å². The van der Waals surface area contributed by atoms with Crippen molar-refractivity contribution in [3.05, 3.63) is 23.8 Å². The zero-order valence-electron chi connectivity index (χ0n) is 16.2. The number of rotatable bonds is 6. The maximum absolute atomic E-state index is 12.2. The van der Waals surface area contributed by atoms with Crippen molar-refractivity contribution in [1.29, 1.82) is 0 Å². The maximum atomic E-state index is 12.2. The number of hydrogen-bond donors (Lipinski definition) is 1. The number of carbonyl (C=O) groups is 2. The van der Waals surface area contributed by atoms with Crippen molar-refractivity contribution < 1.29 is 19.1 Å². The summed E-state index contributed by atoms with van der Waals surface area (Å²) in [6.07, 6.45) is 0.749. The van der Waals surface area contributed by atoms with Gasteiger partial charge in [-0.15, -0.1) is 0 Å². The fourth-order valence-electron chi connectivity index (χ4n) is 3.34. The van der Waals surface area contributed by atoms with Gasteiger partial charge in [-0.25, -0.2) is 0 Å². The highest BCUT2D eigenvalue weighted by molar-refractivity contribution is 5.79. The molecule has 148 valence electrons. The first-order valence-corrected chi connectivity index (χ1v) is 9.69. The molecule has 7 nitrogen and oxygen atoms in total. The molecule has 2 aliphatic heterocycles. The Balaban J connectivity index is 1.36. The van der Waals surface area contributed by atoms with Crippen molar-refractivity contribution in [3.63, 3.8) is 0 Å². The van der Waals surface area contributed by atoms with E-state index < -0.39 is 0 Å². The van der Waals surface area contributed by atoms with E-state index in [9.17, 15) is 9.59 Å². The van der Waals surface area contributed by atoms with Gasteiger partial charge in [-0.2, -0.15) is 0 Å². The number of amides is 2. The molecule has 0 radical (unpaired) electrons. The van der Waals surface area contributed by atoms with Crippen LogP contribution in [0, 0.1) is 5.92 Å². The van der Waals surface area contributed by atoms with Crippen molar-refractivity contribution >= 4 is 11.8 Å². The molecule has 2 aliphatic rings. The maximum Gasteiger partial charge on any atom is 0.234 e. The van der Waals surface area contributed by atoms with Crippen LogP contribution < -0.4 is 14.8 Å². The molecular formula is C20H29N3O4. The largest absolute Gasteiger partial charge is 0.486 e. The Morgan fingerprint density at radius 1 is 1.07 bits per heavy atom. The fraction of sp³-hybridized carbons (Fsp3) is 0.600. The van der Waals surface area contributed by atoms with Crippen molar-refractivity contribution in [1.82, 2.24) is 15.1 Å². The minimum atomic E-state index is 0.0242. The van der Waals surface area contributed by atoms with E-state index in [4.69, 9.17) is 9.47 Å². The van der Waals surface area contributed by atoms with Crippen LogP contribution in [0.1, 0.15) is 19.4 Å². The molecule has 3 rings (SSSR count). The molecule has 2 amide bonds. The molecule has 0 atom stereocenters. The third-order valence-corrected chi connectivity index (χ3v) is 4.89. The normalized spacial score (nSPS) is 17.1. The second-order valence-corrected chi connectivity index (χ2v) is 7.33. The van der Waals surface area contributed by atoms with Crippen molar-refractivity contribution in [2.45, 2.75) is 20.3 Å². The van der Waals surface area contributed by atoms with E-state index in [1.807, 2.05) is 36.9 Å². The van der Waals surface area contributed by atoms with Gasteiger partial charge in [0.25, 0.3) is 0 Å². The molecule has 1 fully saturated rings. The lowest BCUT2D eigenvalue weighted by Crippen LogP contribution is -2.52. The molecule has 0 bridgehead atoms. The van der Waals surface area contributed by atoms with Crippen LogP contribution in [-0.4, -0.2) is 74.1 Å². The van der Waals surface area contributed by atoms with Gasteiger partial charge in [0, 0.05) is 38.6 Å². The Labute approximate surface area is 160 Å². The molecule has 1 N–H and O–H groups in total. The third kappa shape index (κ3) is 5.35. The summed E-state index contributed by atoms with van der Waals surface area (Å²) in [5.74, 6) is 1.80. The average molecular weight is 375 g/mol. The summed E-state index contributed by atoms with van der Waals surface area (Å²) < 4.78 is 11.1. The van der Waals surface area contributed by atoms with Gasteiger partial charge in [-0.3, -0.25) is 14.5 Å². The molecule has 0 unspecified atom stereocenters. The molecule has 2 heterocycles. The topological polar surface area (TPSA) is 71.1 Å². The van der Waals surface area contributed by atoms with Gasteiger partial charge in [0.1, 0.15) is 13.2 Å². The summed E-state index contributed by atoms with van der Waals surface area (Å²) in [6, 6.07) is 5.90. The number of hydrogen-bond acceptors (Lipinski definition) is 5. The second kappa shape index (κ2) is 9.08. The Kier molecular flexibility index (Phi) is 6.55. The SMILES string of the molecule is CC(C)C(=O)N1CCN(CC(=O)NCCc2ccc3c(c2)OCCO3)CC1. The molecule has 0 spiro atoms. The first-order valence-electron chi connectivity index (χ1n) is 9.69. The molecule has 0 aromatic heterocycles. The molecule has 27 heavy (non-hydrogen) atoms. The summed E-state index contributed by atoms with van der Waals surface area (Å²) in [5, 5.41) is 2.98. The zero-order chi connectivity index (χ0) is 19.2. The summed E-state index contributed by atoms with van der Waals surface area (Å²) in [4.78, 5) is 28.2. The van der Waals surface area contributed by atoms with Gasteiger partial charge in [0.15, 0.2) is 11.5 Å². The Bertz CT molecular complexity index is 669. The summed E-state index contributed by atoms with van der Waals surface area (Å²) in [5.41, 5.74) is 1.11. The first kappa shape index (κ1) is 19.5. The smallest absolute Gasteiger partial charge is 0.234 e. The number of carbonyl (C=O) groups excluding carboxylic acids is 2. The summed E-state index contributed by atoms with van der Waals surface area (Å²) in [7, 11) is 0. The number of benzene rings is 1. The Morgan fingerprint density at radius 3 is 2.48 bits per heavy atom. The number of nitrogens with one attached hydrogen (secondary N) is 1. The van der Waals surface area contributed by atoms with Crippen LogP contribution in [0.5, 0.6) is 11.5 Å². The van der Waals surface area contributed by atoms with Crippen LogP contribution in [0.3, 0.4) is 0 Å². The predicted octanol–water partition coefficient (Wildman–Crippen LogP) is 0.917. The highest BCUT2D eigenvalue weighted by atomic mass is 16.6.